The van der Waals surface area contributed by atoms with E-state index in [-0.39, 0.29) is 18.1 Å². The lowest BCUT2D eigenvalue weighted by molar-refractivity contribution is -0.146. The van der Waals surface area contributed by atoms with E-state index in [9.17, 15) is 4.79 Å². The molecule has 2 atom stereocenters. The third-order valence-corrected chi connectivity index (χ3v) is 4.05. The molecule has 1 saturated heterocycles. The number of para-hydroxylation sites is 3. The fourth-order valence-corrected chi connectivity index (χ4v) is 3.14. The first-order chi connectivity index (χ1) is 10.7. The molecule has 2 aliphatic rings. The van der Waals surface area contributed by atoms with Crippen LogP contribution < -0.4 is 9.64 Å². The quantitative estimate of drug-likeness (QED) is 0.793. The number of amides is 1. The Kier molecular flexibility index (Phi) is 2.94. The summed E-state index contributed by atoms with van der Waals surface area (Å²) in [5.41, 5.74) is 1.79. The van der Waals surface area contributed by atoms with Gasteiger partial charge in [0.05, 0.1) is 11.8 Å². The Morgan fingerprint density at radius 2 is 1.73 bits per heavy atom. The Labute approximate surface area is 129 Å². The fourth-order valence-electron chi connectivity index (χ4n) is 3.14. The second kappa shape index (κ2) is 4.85. The highest BCUT2D eigenvalue weighted by atomic mass is 16.5. The van der Waals surface area contributed by atoms with Crippen molar-refractivity contribution in [2.24, 2.45) is 0 Å². The highest BCUT2D eigenvalue weighted by Crippen LogP contribution is 2.51. The van der Waals surface area contributed by atoms with E-state index in [0.717, 1.165) is 17.0 Å². The summed E-state index contributed by atoms with van der Waals surface area (Å²) in [6.07, 6.45) is -0.446. The molecule has 4 heteroatoms. The van der Waals surface area contributed by atoms with Gasteiger partial charge in [0.2, 0.25) is 0 Å². The second-order valence-corrected chi connectivity index (χ2v) is 5.87. The standard InChI is InChI=1S/C18H17NO3/c1-11(2)21-17-16-12-7-3-5-9-14(12)22-15-10-6-4-8-13(15)19(16)18(17)20/h3-11,16-17H,1-2H3/t16-,17-/m0/s1. The molecule has 112 valence electrons. The predicted octanol–water partition coefficient (Wildman–Crippen LogP) is 3.67. The lowest BCUT2D eigenvalue weighted by atomic mass is 9.89. The van der Waals surface area contributed by atoms with Crippen molar-refractivity contribution < 1.29 is 14.3 Å². The van der Waals surface area contributed by atoms with Gasteiger partial charge in [-0.15, -0.1) is 0 Å². The average molecular weight is 295 g/mol. The normalized spacial score (nSPS) is 22.1. The summed E-state index contributed by atoms with van der Waals surface area (Å²) in [6, 6.07) is 15.3. The van der Waals surface area contributed by atoms with Gasteiger partial charge < -0.3 is 9.47 Å². The van der Waals surface area contributed by atoms with Gasteiger partial charge in [-0.3, -0.25) is 9.69 Å². The molecule has 0 saturated carbocycles. The van der Waals surface area contributed by atoms with Crippen molar-refractivity contribution in [2.45, 2.75) is 32.1 Å². The van der Waals surface area contributed by atoms with Gasteiger partial charge in [0.25, 0.3) is 5.91 Å². The number of anilines is 1. The number of fused-ring (bicyclic) bond motifs is 5. The minimum absolute atomic E-state index is 0.00248. The first kappa shape index (κ1) is 13.3. The van der Waals surface area contributed by atoms with Crippen LogP contribution in [0.3, 0.4) is 0 Å². The molecule has 2 aromatic rings. The average Bonchev–Trinajstić information content (AvgIpc) is 2.64. The summed E-state index contributed by atoms with van der Waals surface area (Å²) in [6.45, 7) is 3.89. The molecule has 4 rings (SSSR count). The number of benzene rings is 2. The molecule has 1 fully saturated rings. The van der Waals surface area contributed by atoms with Gasteiger partial charge in [0.1, 0.15) is 11.8 Å². The highest BCUT2D eigenvalue weighted by molar-refractivity contribution is 6.06. The summed E-state index contributed by atoms with van der Waals surface area (Å²) in [5.74, 6) is 1.48. The molecule has 0 N–H and O–H groups in total. The van der Waals surface area contributed by atoms with Crippen LogP contribution in [0.2, 0.25) is 0 Å². The minimum Gasteiger partial charge on any atom is -0.455 e. The number of hydrogen-bond donors (Lipinski definition) is 0. The van der Waals surface area contributed by atoms with Crippen molar-refractivity contribution >= 4 is 11.6 Å². The van der Waals surface area contributed by atoms with Gasteiger partial charge in [0, 0.05) is 5.56 Å². The molecule has 0 aliphatic carbocycles. The molecule has 2 aromatic carbocycles. The lowest BCUT2D eigenvalue weighted by Crippen LogP contribution is -2.60. The molecule has 2 heterocycles. The number of ether oxygens (including phenoxy) is 2. The zero-order valence-corrected chi connectivity index (χ0v) is 12.5. The van der Waals surface area contributed by atoms with E-state index in [2.05, 4.69) is 0 Å². The first-order valence-corrected chi connectivity index (χ1v) is 7.51. The van der Waals surface area contributed by atoms with Crippen molar-refractivity contribution in [3.8, 4) is 11.5 Å². The third kappa shape index (κ3) is 1.84. The number of hydrogen-bond acceptors (Lipinski definition) is 3. The van der Waals surface area contributed by atoms with Crippen LogP contribution in [0.5, 0.6) is 11.5 Å². The number of carbonyl (C=O) groups excluding carboxylic acids is 1. The Morgan fingerprint density at radius 1 is 1.05 bits per heavy atom. The Balaban J connectivity index is 1.86. The first-order valence-electron chi connectivity index (χ1n) is 7.51. The number of β-lactam (4-membered cyclic amide) rings is 1. The molecule has 22 heavy (non-hydrogen) atoms. The van der Waals surface area contributed by atoms with E-state index in [1.54, 1.807) is 4.90 Å². The van der Waals surface area contributed by atoms with Gasteiger partial charge in [-0.2, -0.15) is 0 Å². The minimum atomic E-state index is -0.448. The number of nitrogens with zero attached hydrogens (tertiary/aromatic N) is 1. The maximum Gasteiger partial charge on any atom is 0.259 e. The summed E-state index contributed by atoms with van der Waals surface area (Å²) in [5, 5.41) is 0. The van der Waals surface area contributed by atoms with E-state index in [0.29, 0.717) is 5.75 Å². The second-order valence-electron chi connectivity index (χ2n) is 5.87. The zero-order valence-electron chi connectivity index (χ0n) is 12.5. The molecule has 0 bridgehead atoms. The van der Waals surface area contributed by atoms with Crippen molar-refractivity contribution in [1.29, 1.82) is 0 Å². The van der Waals surface area contributed by atoms with Crippen LogP contribution in [0.25, 0.3) is 0 Å². The predicted molar refractivity (Wildman–Crippen MR) is 83.2 cm³/mol. The summed E-state index contributed by atoms with van der Waals surface area (Å²) >= 11 is 0. The van der Waals surface area contributed by atoms with Crippen LogP contribution >= 0.6 is 0 Å². The molecular formula is C18H17NO3. The van der Waals surface area contributed by atoms with Gasteiger partial charge in [0.15, 0.2) is 11.9 Å². The summed E-state index contributed by atoms with van der Waals surface area (Å²) in [4.78, 5) is 14.4. The highest BCUT2D eigenvalue weighted by Gasteiger charge is 2.53. The van der Waals surface area contributed by atoms with Crippen molar-refractivity contribution in [2.75, 3.05) is 4.90 Å². The van der Waals surface area contributed by atoms with E-state index in [4.69, 9.17) is 9.47 Å². The topological polar surface area (TPSA) is 38.8 Å². The molecule has 0 unspecified atom stereocenters. The lowest BCUT2D eigenvalue weighted by Gasteiger charge is -2.46. The van der Waals surface area contributed by atoms with Crippen LogP contribution in [0, 0.1) is 0 Å². The van der Waals surface area contributed by atoms with Crippen LogP contribution in [-0.2, 0) is 9.53 Å². The number of carbonyl (C=O) groups is 1. The Bertz CT molecular complexity index is 741. The van der Waals surface area contributed by atoms with Gasteiger partial charge >= 0.3 is 0 Å². The van der Waals surface area contributed by atoms with Gasteiger partial charge in [-0.05, 0) is 32.0 Å². The Morgan fingerprint density at radius 3 is 2.50 bits per heavy atom. The van der Waals surface area contributed by atoms with Gasteiger partial charge in [-0.1, -0.05) is 30.3 Å². The van der Waals surface area contributed by atoms with Crippen molar-refractivity contribution in [3.63, 3.8) is 0 Å². The van der Waals surface area contributed by atoms with E-state index >= 15 is 0 Å². The zero-order chi connectivity index (χ0) is 15.3. The third-order valence-electron chi connectivity index (χ3n) is 4.05. The van der Waals surface area contributed by atoms with E-state index in [1.165, 1.54) is 0 Å². The maximum absolute atomic E-state index is 12.6. The molecular weight excluding hydrogens is 278 g/mol. The maximum atomic E-state index is 12.6. The van der Waals surface area contributed by atoms with Crippen molar-refractivity contribution in [1.82, 2.24) is 0 Å². The summed E-state index contributed by atoms with van der Waals surface area (Å²) < 4.78 is 11.9. The fraction of sp³-hybridized carbons (Fsp3) is 0.278. The van der Waals surface area contributed by atoms with E-state index < -0.39 is 6.10 Å². The molecule has 2 aliphatic heterocycles. The molecule has 4 nitrogen and oxygen atoms in total. The number of rotatable bonds is 2. The molecule has 1 amide bonds. The van der Waals surface area contributed by atoms with E-state index in [1.807, 2.05) is 62.4 Å². The Hall–Kier alpha value is -2.33. The summed E-state index contributed by atoms with van der Waals surface area (Å²) in [7, 11) is 0. The van der Waals surface area contributed by atoms with Crippen LogP contribution in [0.4, 0.5) is 5.69 Å². The molecule has 0 radical (unpaired) electrons. The van der Waals surface area contributed by atoms with Gasteiger partial charge in [-0.25, -0.2) is 0 Å². The largest absolute Gasteiger partial charge is 0.455 e. The van der Waals surface area contributed by atoms with Crippen LogP contribution in [0.15, 0.2) is 48.5 Å². The monoisotopic (exact) mass is 295 g/mol. The van der Waals surface area contributed by atoms with Crippen LogP contribution in [-0.4, -0.2) is 18.1 Å². The molecule has 0 spiro atoms. The SMILES string of the molecule is CC(C)O[C@@H]1C(=O)N2c3ccccc3Oc3ccccc3[C@@H]12. The smallest absolute Gasteiger partial charge is 0.259 e. The molecule has 0 aromatic heterocycles. The van der Waals surface area contributed by atoms with Crippen LogP contribution in [0.1, 0.15) is 25.5 Å². The van der Waals surface area contributed by atoms with Crippen molar-refractivity contribution in [3.05, 3.63) is 54.1 Å².